The van der Waals surface area contributed by atoms with Gasteiger partial charge in [-0.2, -0.15) is 0 Å². The van der Waals surface area contributed by atoms with Gasteiger partial charge in [0.05, 0.1) is 18.0 Å². The fourth-order valence-electron chi connectivity index (χ4n) is 2.45. The topological polar surface area (TPSA) is 76.1 Å². The van der Waals surface area contributed by atoms with Crippen molar-refractivity contribution in [3.63, 3.8) is 0 Å². The SMILES string of the molecule is O=C(NCc1cccnc1)c1ccc(NCC2CCCO2)cn1. The van der Waals surface area contributed by atoms with Crippen LogP contribution >= 0.6 is 0 Å². The first-order chi connectivity index (χ1) is 11.3. The minimum absolute atomic E-state index is 0.195. The van der Waals surface area contributed by atoms with E-state index in [1.54, 1.807) is 24.7 Å². The van der Waals surface area contributed by atoms with Crippen LogP contribution < -0.4 is 10.6 Å². The van der Waals surface area contributed by atoms with Crippen molar-refractivity contribution in [1.29, 1.82) is 0 Å². The summed E-state index contributed by atoms with van der Waals surface area (Å²) in [6.45, 7) is 2.06. The van der Waals surface area contributed by atoms with Gasteiger partial charge >= 0.3 is 0 Å². The molecule has 1 unspecified atom stereocenters. The fraction of sp³-hybridized carbons (Fsp3) is 0.353. The van der Waals surface area contributed by atoms with Gasteiger partial charge in [-0.25, -0.2) is 4.98 Å². The van der Waals surface area contributed by atoms with Gasteiger partial charge in [0.1, 0.15) is 5.69 Å². The van der Waals surface area contributed by atoms with Gasteiger partial charge in [0.2, 0.25) is 0 Å². The summed E-state index contributed by atoms with van der Waals surface area (Å²) in [6.07, 6.45) is 7.60. The Morgan fingerprint density at radius 3 is 2.96 bits per heavy atom. The Labute approximate surface area is 135 Å². The zero-order chi connectivity index (χ0) is 15.9. The Bertz CT molecular complexity index is 625. The number of nitrogens with zero attached hydrogens (tertiary/aromatic N) is 2. The minimum atomic E-state index is -0.195. The molecular formula is C17H20N4O2. The van der Waals surface area contributed by atoms with E-state index in [9.17, 15) is 4.79 Å². The van der Waals surface area contributed by atoms with Crippen molar-refractivity contribution in [2.24, 2.45) is 0 Å². The maximum Gasteiger partial charge on any atom is 0.270 e. The molecule has 0 spiro atoms. The van der Waals surface area contributed by atoms with Gasteiger partial charge < -0.3 is 15.4 Å². The van der Waals surface area contributed by atoms with Crippen LogP contribution in [-0.2, 0) is 11.3 Å². The molecule has 0 aromatic carbocycles. The number of rotatable bonds is 6. The molecule has 1 aliphatic heterocycles. The predicted molar refractivity (Wildman–Crippen MR) is 87.1 cm³/mol. The first-order valence-electron chi connectivity index (χ1n) is 7.80. The number of hydrogen-bond donors (Lipinski definition) is 2. The molecule has 2 aromatic rings. The molecule has 2 N–H and O–H groups in total. The zero-order valence-electron chi connectivity index (χ0n) is 12.9. The molecule has 0 saturated carbocycles. The number of anilines is 1. The number of aromatic nitrogens is 2. The second-order valence-corrected chi connectivity index (χ2v) is 5.49. The van der Waals surface area contributed by atoms with E-state index in [2.05, 4.69) is 20.6 Å². The molecule has 23 heavy (non-hydrogen) atoms. The van der Waals surface area contributed by atoms with Crippen molar-refractivity contribution in [2.75, 3.05) is 18.5 Å². The van der Waals surface area contributed by atoms with Crippen LogP contribution in [0.5, 0.6) is 0 Å². The Morgan fingerprint density at radius 1 is 1.30 bits per heavy atom. The molecule has 1 fully saturated rings. The van der Waals surface area contributed by atoms with Crippen LogP contribution in [0.4, 0.5) is 5.69 Å². The molecular weight excluding hydrogens is 292 g/mol. The van der Waals surface area contributed by atoms with E-state index < -0.39 is 0 Å². The van der Waals surface area contributed by atoms with Gasteiger partial charge in [-0.15, -0.1) is 0 Å². The largest absolute Gasteiger partial charge is 0.381 e. The predicted octanol–water partition coefficient (Wildman–Crippen LogP) is 2.00. The summed E-state index contributed by atoms with van der Waals surface area (Å²) in [5, 5.41) is 6.11. The third-order valence-corrected chi connectivity index (χ3v) is 3.73. The molecule has 1 atom stereocenters. The number of nitrogens with one attached hydrogen (secondary N) is 2. The van der Waals surface area contributed by atoms with Crippen molar-refractivity contribution in [2.45, 2.75) is 25.5 Å². The average molecular weight is 312 g/mol. The Morgan fingerprint density at radius 2 is 2.26 bits per heavy atom. The average Bonchev–Trinajstić information content (AvgIpc) is 3.13. The van der Waals surface area contributed by atoms with E-state index in [1.165, 1.54) is 0 Å². The number of carbonyl (C=O) groups is 1. The Balaban J connectivity index is 1.48. The van der Waals surface area contributed by atoms with E-state index in [-0.39, 0.29) is 12.0 Å². The summed E-state index contributed by atoms with van der Waals surface area (Å²) in [4.78, 5) is 20.3. The monoisotopic (exact) mass is 312 g/mol. The highest BCUT2D eigenvalue weighted by Gasteiger charge is 2.15. The maximum absolute atomic E-state index is 12.1. The second-order valence-electron chi connectivity index (χ2n) is 5.49. The van der Waals surface area contributed by atoms with Crippen molar-refractivity contribution in [1.82, 2.24) is 15.3 Å². The number of pyridine rings is 2. The number of amides is 1. The molecule has 3 heterocycles. The van der Waals surface area contributed by atoms with Crippen molar-refractivity contribution in [3.8, 4) is 0 Å². The van der Waals surface area contributed by atoms with E-state index in [0.717, 1.165) is 37.2 Å². The van der Waals surface area contributed by atoms with Crippen LogP contribution in [0.1, 0.15) is 28.9 Å². The van der Waals surface area contributed by atoms with Crippen LogP contribution in [-0.4, -0.2) is 35.1 Å². The van der Waals surface area contributed by atoms with Crippen LogP contribution in [0.25, 0.3) is 0 Å². The highest BCUT2D eigenvalue weighted by atomic mass is 16.5. The summed E-state index contributed by atoms with van der Waals surface area (Å²) in [7, 11) is 0. The van der Waals surface area contributed by atoms with Gasteiger partial charge in [-0.05, 0) is 36.6 Å². The first-order valence-corrected chi connectivity index (χ1v) is 7.80. The summed E-state index contributed by atoms with van der Waals surface area (Å²) in [6, 6.07) is 7.34. The normalized spacial score (nSPS) is 17.0. The van der Waals surface area contributed by atoms with Gasteiger partial charge in [0.25, 0.3) is 5.91 Å². The molecule has 0 aliphatic carbocycles. The van der Waals surface area contributed by atoms with E-state index in [1.807, 2.05) is 18.2 Å². The van der Waals surface area contributed by atoms with Gasteiger partial charge in [-0.1, -0.05) is 6.07 Å². The molecule has 0 radical (unpaired) electrons. The van der Waals surface area contributed by atoms with Crippen molar-refractivity contribution < 1.29 is 9.53 Å². The summed E-state index contributed by atoms with van der Waals surface area (Å²) < 4.78 is 5.56. The molecule has 3 rings (SSSR count). The smallest absolute Gasteiger partial charge is 0.270 e. The van der Waals surface area contributed by atoms with Crippen molar-refractivity contribution >= 4 is 11.6 Å². The number of hydrogen-bond acceptors (Lipinski definition) is 5. The molecule has 1 saturated heterocycles. The van der Waals surface area contributed by atoms with Gasteiger partial charge in [-0.3, -0.25) is 9.78 Å². The lowest BCUT2D eigenvalue weighted by molar-refractivity contribution is 0.0946. The quantitative estimate of drug-likeness (QED) is 0.853. The molecule has 1 aliphatic rings. The maximum atomic E-state index is 12.1. The first kappa shape index (κ1) is 15.4. The van der Waals surface area contributed by atoms with Gasteiger partial charge in [0.15, 0.2) is 0 Å². The molecule has 6 nitrogen and oxygen atoms in total. The van der Waals surface area contributed by atoms with E-state index in [4.69, 9.17) is 4.74 Å². The van der Waals surface area contributed by atoms with Crippen LogP contribution in [0, 0.1) is 0 Å². The van der Waals surface area contributed by atoms with Crippen LogP contribution in [0.3, 0.4) is 0 Å². The minimum Gasteiger partial charge on any atom is -0.381 e. The Hall–Kier alpha value is -2.47. The number of ether oxygens (including phenoxy) is 1. The summed E-state index contributed by atoms with van der Waals surface area (Å²) in [5.74, 6) is -0.195. The second kappa shape index (κ2) is 7.69. The molecule has 2 aromatic heterocycles. The highest BCUT2D eigenvalue weighted by Crippen LogP contribution is 2.13. The van der Waals surface area contributed by atoms with Crippen LogP contribution in [0.2, 0.25) is 0 Å². The summed E-state index contributed by atoms with van der Waals surface area (Å²) in [5.41, 5.74) is 2.25. The van der Waals surface area contributed by atoms with Crippen LogP contribution in [0.15, 0.2) is 42.9 Å². The Kier molecular flexibility index (Phi) is 5.16. The third kappa shape index (κ3) is 4.50. The van der Waals surface area contributed by atoms with Crippen molar-refractivity contribution in [3.05, 3.63) is 54.1 Å². The lowest BCUT2D eigenvalue weighted by atomic mass is 10.2. The molecule has 1 amide bonds. The standard InChI is InChI=1S/C17H20N4O2/c22-17(21-10-13-3-1-7-18-9-13)16-6-5-14(11-20-16)19-12-15-4-2-8-23-15/h1,3,5-7,9,11,15,19H,2,4,8,10,12H2,(H,21,22). The van der Waals surface area contributed by atoms with Gasteiger partial charge in [0, 0.05) is 32.1 Å². The number of carbonyl (C=O) groups excluding carboxylic acids is 1. The summed E-state index contributed by atoms with van der Waals surface area (Å²) >= 11 is 0. The molecule has 120 valence electrons. The van der Waals surface area contributed by atoms with E-state index >= 15 is 0 Å². The highest BCUT2D eigenvalue weighted by molar-refractivity contribution is 5.92. The lowest BCUT2D eigenvalue weighted by Crippen LogP contribution is -2.24. The lowest BCUT2D eigenvalue weighted by Gasteiger charge is -2.11. The molecule has 0 bridgehead atoms. The fourth-order valence-corrected chi connectivity index (χ4v) is 2.45. The van der Waals surface area contributed by atoms with E-state index in [0.29, 0.717) is 12.2 Å². The zero-order valence-corrected chi connectivity index (χ0v) is 12.9. The molecule has 6 heteroatoms. The third-order valence-electron chi connectivity index (χ3n) is 3.73.